The number of hydrogen-bond acceptors (Lipinski definition) is 3. The van der Waals surface area contributed by atoms with Gasteiger partial charge >= 0.3 is 0 Å². The van der Waals surface area contributed by atoms with Crippen LogP contribution in [0.4, 0.5) is 0 Å². The minimum atomic E-state index is 0.356. The van der Waals surface area contributed by atoms with Crippen molar-refractivity contribution in [2.24, 2.45) is 0 Å². The van der Waals surface area contributed by atoms with Gasteiger partial charge in [-0.25, -0.2) is 8.10 Å². The maximum absolute atomic E-state index is 5.27. The number of halogens is 2. The average Bonchev–Trinajstić information content (AvgIpc) is 2.53. The van der Waals surface area contributed by atoms with E-state index >= 15 is 0 Å². The molecule has 0 fully saturated rings. The average molecular weight is 376 g/mol. The Labute approximate surface area is 92.2 Å². The number of aromatic nitrogens is 1. The molecule has 1 aromatic rings. The molecule has 3 nitrogen and oxygen atoms in total. The lowest BCUT2D eigenvalue weighted by molar-refractivity contribution is 0.384. The van der Waals surface area contributed by atoms with Gasteiger partial charge in [-0.05, 0) is 6.92 Å². The molecule has 0 radical (unpaired) electrons. The van der Waals surface area contributed by atoms with Crippen molar-refractivity contribution in [2.75, 3.05) is 0 Å². The zero-order valence-electron chi connectivity index (χ0n) is 5.79. The maximum Gasteiger partial charge on any atom is 0.181 e. The molecule has 11 heavy (non-hydrogen) atoms. The molecule has 0 amide bonds. The van der Waals surface area contributed by atoms with E-state index in [0.717, 1.165) is 11.5 Å². The summed E-state index contributed by atoms with van der Waals surface area (Å²) in [6, 6.07) is 0.356. The van der Waals surface area contributed by atoms with E-state index in [-0.39, 0.29) is 0 Å². The third-order valence-corrected chi connectivity index (χ3v) is 5.46. The van der Waals surface area contributed by atoms with Crippen LogP contribution in [0, 0.1) is 0 Å². The molecule has 1 aromatic heterocycles. The molecule has 2 unspecified atom stereocenters. The molecule has 0 N–H and O–H groups in total. The fraction of sp³-hybridized carbons (Fsp3) is 0.500. The molecule has 1 aliphatic heterocycles. The quantitative estimate of drug-likeness (QED) is 0.302. The van der Waals surface area contributed by atoms with E-state index in [1.807, 2.05) is 0 Å². The Morgan fingerprint density at radius 3 is 3.09 bits per heavy atom. The van der Waals surface area contributed by atoms with Crippen LogP contribution in [0.3, 0.4) is 0 Å². The summed E-state index contributed by atoms with van der Waals surface area (Å²) in [5, 5.41) is 0. The summed E-state index contributed by atoms with van der Waals surface area (Å²) < 4.78 is 7.83. The van der Waals surface area contributed by atoms with E-state index < -0.39 is 0 Å². The Morgan fingerprint density at radius 1 is 1.73 bits per heavy atom. The second kappa shape index (κ2) is 2.84. The molecule has 0 saturated heterocycles. The predicted molar refractivity (Wildman–Crippen MR) is 57.5 cm³/mol. The van der Waals surface area contributed by atoms with Crippen molar-refractivity contribution >= 4 is 45.5 Å². The van der Waals surface area contributed by atoms with Crippen molar-refractivity contribution in [2.45, 2.75) is 17.0 Å². The van der Waals surface area contributed by atoms with E-state index in [4.69, 9.17) is 4.42 Å². The zero-order valence-corrected chi connectivity index (χ0v) is 10.1. The van der Waals surface area contributed by atoms with Crippen LogP contribution >= 0.6 is 45.5 Å². The van der Waals surface area contributed by atoms with Crippen molar-refractivity contribution in [1.29, 1.82) is 0 Å². The molecular formula is C6H6I2N2O. The van der Waals surface area contributed by atoms with Gasteiger partial charge in [0.1, 0.15) is 15.5 Å². The van der Waals surface area contributed by atoms with Crippen molar-refractivity contribution < 1.29 is 4.42 Å². The van der Waals surface area contributed by atoms with Crippen molar-refractivity contribution in [3.63, 3.8) is 0 Å². The molecule has 60 valence electrons. The second-order valence-electron chi connectivity index (χ2n) is 2.46. The lowest BCUT2D eigenvalue weighted by Gasteiger charge is -2.14. The SMILES string of the molecule is CC1c2ocnc2C(I)N1I. The van der Waals surface area contributed by atoms with Crippen LogP contribution in [0.2, 0.25) is 0 Å². The monoisotopic (exact) mass is 376 g/mol. The largest absolute Gasteiger partial charge is 0.446 e. The predicted octanol–water partition coefficient (Wildman–Crippen LogP) is 2.83. The minimum Gasteiger partial charge on any atom is -0.446 e. The van der Waals surface area contributed by atoms with Crippen LogP contribution in [0.5, 0.6) is 0 Å². The maximum atomic E-state index is 5.27. The summed E-state index contributed by atoms with van der Waals surface area (Å²) in [6.07, 6.45) is 1.52. The summed E-state index contributed by atoms with van der Waals surface area (Å²) in [5.41, 5.74) is 1.08. The molecule has 0 bridgehead atoms. The molecule has 0 saturated carbocycles. The Balaban J connectivity index is 2.48. The lowest BCUT2D eigenvalue weighted by Crippen LogP contribution is -2.08. The van der Waals surface area contributed by atoms with Gasteiger partial charge in [0.15, 0.2) is 6.39 Å². The van der Waals surface area contributed by atoms with Crippen LogP contribution in [0.15, 0.2) is 10.8 Å². The fourth-order valence-corrected chi connectivity index (χ4v) is 2.65. The first-order valence-corrected chi connectivity index (χ1v) is 5.44. The van der Waals surface area contributed by atoms with E-state index in [1.165, 1.54) is 6.39 Å². The van der Waals surface area contributed by atoms with Gasteiger partial charge in [-0.2, -0.15) is 0 Å². The van der Waals surface area contributed by atoms with Gasteiger partial charge < -0.3 is 4.42 Å². The minimum absolute atomic E-state index is 0.356. The van der Waals surface area contributed by atoms with E-state index in [0.29, 0.717) is 10.1 Å². The molecule has 2 atom stereocenters. The zero-order chi connectivity index (χ0) is 8.01. The van der Waals surface area contributed by atoms with Crippen LogP contribution in [0.1, 0.15) is 28.5 Å². The smallest absolute Gasteiger partial charge is 0.181 e. The lowest BCUT2D eigenvalue weighted by atomic mass is 10.3. The first-order valence-electron chi connectivity index (χ1n) is 3.23. The number of oxazole rings is 1. The van der Waals surface area contributed by atoms with Crippen molar-refractivity contribution in [3.8, 4) is 0 Å². The Morgan fingerprint density at radius 2 is 2.45 bits per heavy atom. The topological polar surface area (TPSA) is 29.3 Å². The van der Waals surface area contributed by atoms with Crippen LogP contribution in [0.25, 0.3) is 0 Å². The van der Waals surface area contributed by atoms with Gasteiger partial charge in [0.25, 0.3) is 0 Å². The van der Waals surface area contributed by atoms with Gasteiger partial charge in [0.2, 0.25) is 0 Å². The normalized spacial score (nSPS) is 30.8. The standard InChI is InChI=1S/C6H6I2N2O/c1-3-5-4(9-2-11-5)6(7)10(3)8/h2-3,6H,1H3. The highest BCUT2D eigenvalue weighted by atomic mass is 127. The first kappa shape index (κ1) is 8.24. The summed E-state index contributed by atoms with van der Waals surface area (Å²) in [5.74, 6) is 1.01. The van der Waals surface area contributed by atoms with Gasteiger partial charge in [-0.15, -0.1) is 0 Å². The Hall–Kier alpha value is 0.630. The Bertz CT molecular complexity index is 251. The molecule has 0 spiro atoms. The van der Waals surface area contributed by atoms with Crippen molar-refractivity contribution in [1.82, 2.24) is 8.10 Å². The molecule has 5 heteroatoms. The third kappa shape index (κ3) is 1.12. The number of rotatable bonds is 0. The molecule has 1 aliphatic rings. The van der Waals surface area contributed by atoms with E-state index in [1.54, 1.807) is 0 Å². The van der Waals surface area contributed by atoms with Crippen molar-refractivity contribution in [3.05, 3.63) is 17.8 Å². The van der Waals surface area contributed by atoms with Crippen LogP contribution < -0.4 is 0 Å². The second-order valence-corrected chi connectivity index (χ2v) is 4.75. The number of hydrogen-bond donors (Lipinski definition) is 0. The molecule has 2 rings (SSSR count). The van der Waals surface area contributed by atoms with Gasteiger partial charge in [0.05, 0.1) is 6.04 Å². The first-order chi connectivity index (χ1) is 5.22. The van der Waals surface area contributed by atoms with Gasteiger partial charge in [-0.3, -0.25) is 0 Å². The summed E-state index contributed by atoms with van der Waals surface area (Å²) in [4.78, 5) is 4.16. The molecule has 0 aliphatic carbocycles. The number of nitrogens with zero attached hydrogens (tertiary/aromatic N) is 2. The summed E-state index contributed by atoms with van der Waals surface area (Å²) in [6.45, 7) is 2.12. The number of fused-ring (bicyclic) bond motifs is 1. The molecule has 2 heterocycles. The molecular weight excluding hydrogens is 370 g/mol. The summed E-state index contributed by atoms with van der Waals surface area (Å²) >= 11 is 4.66. The summed E-state index contributed by atoms with van der Waals surface area (Å²) in [7, 11) is 0. The fourth-order valence-electron chi connectivity index (χ4n) is 1.18. The molecule has 0 aromatic carbocycles. The van der Waals surface area contributed by atoms with Crippen LogP contribution in [-0.2, 0) is 0 Å². The number of alkyl halides is 1. The highest BCUT2D eigenvalue weighted by Crippen LogP contribution is 2.46. The van der Waals surface area contributed by atoms with E-state index in [2.05, 4.69) is 60.5 Å². The highest BCUT2D eigenvalue weighted by Gasteiger charge is 2.36. The third-order valence-electron chi connectivity index (χ3n) is 1.82. The van der Waals surface area contributed by atoms with Crippen LogP contribution in [-0.4, -0.2) is 8.10 Å². The Kier molecular flexibility index (Phi) is 2.13. The van der Waals surface area contributed by atoms with E-state index in [9.17, 15) is 0 Å². The highest BCUT2D eigenvalue weighted by molar-refractivity contribution is 14.1. The van der Waals surface area contributed by atoms with Gasteiger partial charge in [0, 0.05) is 22.9 Å². The van der Waals surface area contributed by atoms with Gasteiger partial charge in [-0.1, -0.05) is 22.6 Å².